The van der Waals surface area contributed by atoms with Crippen LogP contribution in [0.3, 0.4) is 0 Å². The Morgan fingerprint density at radius 3 is 2.47 bits per heavy atom. The molecule has 1 atom stereocenters. The van der Waals surface area contributed by atoms with Gasteiger partial charge in [-0.05, 0) is 48.7 Å². The number of hydrogen-bond acceptors (Lipinski definition) is 5. The van der Waals surface area contributed by atoms with Gasteiger partial charge in [0.15, 0.2) is 11.6 Å². The van der Waals surface area contributed by atoms with Gasteiger partial charge in [0.05, 0.1) is 13.2 Å². The zero-order valence-corrected chi connectivity index (χ0v) is 17.4. The Morgan fingerprint density at radius 2 is 1.77 bits per heavy atom. The van der Waals surface area contributed by atoms with Crippen LogP contribution in [0.25, 0.3) is 0 Å². The summed E-state index contributed by atoms with van der Waals surface area (Å²) in [4.78, 5) is 4.54. The van der Waals surface area contributed by atoms with Crippen LogP contribution < -0.4 is 4.74 Å². The average molecular weight is 421 g/mol. The molecule has 164 valence electrons. The molecule has 1 aliphatic heterocycles. The summed E-state index contributed by atoms with van der Waals surface area (Å²) in [5, 5.41) is 19.1. The fourth-order valence-corrected chi connectivity index (χ4v) is 4.01. The van der Waals surface area contributed by atoms with Gasteiger partial charge in [0.25, 0.3) is 0 Å². The quantitative estimate of drug-likeness (QED) is 0.653. The van der Waals surface area contributed by atoms with Gasteiger partial charge in [0, 0.05) is 50.9 Å². The molecule has 0 aromatic heterocycles. The SMILES string of the molecule is CCOc1ccc(CN2CCN(Cc3ccc(F)c(F)c3)[C@@H](CCO)C2)cc1CO. The first-order valence-corrected chi connectivity index (χ1v) is 10.4. The summed E-state index contributed by atoms with van der Waals surface area (Å²) in [6.07, 6.45) is 0.616. The minimum absolute atomic E-state index is 0.0711. The highest BCUT2D eigenvalue weighted by Gasteiger charge is 2.27. The lowest BCUT2D eigenvalue weighted by Gasteiger charge is -2.41. The molecule has 1 saturated heterocycles. The normalized spacial score (nSPS) is 18.0. The number of benzene rings is 2. The van der Waals surface area contributed by atoms with E-state index in [-0.39, 0.29) is 19.3 Å². The van der Waals surface area contributed by atoms with Crippen LogP contribution in [0.15, 0.2) is 36.4 Å². The van der Waals surface area contributed by atoms with Crippen molar-refractivity contribution in [2.24, 2.45) is 0 Å². The zero-order chi connectivity index (χ0) is 21.5. The summed E-state index contributed by atoms with van der Waals surface area (Å²) >= 11 is 0. The van der Waals surface area contributed by atoms with Crippen molar-refractivity contribution >= 4 is 0 Å². The standard InChI is InChI=1S/C23H30F2N2O3/c1-2-30-23-6-4-17(11-19(23)16-29)13-26-8-9-27(20(15-26)7-10-28)14-18-3-5-21(24)22(25)12-18/h3-6,11-12,20,28-29H,2,7-10,13-16H2,1H3/t20-/m0/s1. The van der Waals surface area contributed by atoms with Gasteiger partial charge in [-0.25, -0.2) is 8.78 Å². The number of aliphatic hydroxyl groups is 2. The molecule has 2 aromatic carbocycles. The predicted molar refractivity (Wildman–Crippen MR) is 111 cm³/mol. The number of halogens is 2. The van der Waals surface area contributed by atoms with Crippen LogP contribution >= 0.6 is 0 Å². The van der Waals surface area contributed by atoms with Crippen LogP contribution in [0.1, 0.15) is 30.0 Å². The Hall–Kier alpha value is -2.06. The second-order valence-corrected chi connectivity index (χ2v) is 7.65. The molecule has 1 aliphatic rings. The van der Waals surface area contributed by atoms with E-state index < -0.39 is 11.6 Å². The zero-order valence-electron chi connectivity index (χ0n) is 17.4. The lowest BCUT2D eigenvalue weighted by Crippen LogP contribution is -2.52. The van der Waals surface area contributed by atoms with Gasteiger partial charge in [-0.2, -0.15) is 0 Å². The van der Waals surface area contributed by atoms with E-state index in [1.54, 1.807) is 6.07 Å². The molecule has 0 amide bonds. The van der Waals surface area contributed by atoms with Crippen LogP contribution in [0.5, 0.6) is 5.75 Å². The van der Waals surface area contributed by atoms with E-state index in [0.717, 1.165) is 48.9 Å². The molecule has 0 spiro atoms. The first-order valence-electron chi connectivity index (χ1n) is 10.4. The van der Waals surface area contributed by atoms with E-state index in [2.05, 4.69) is 9.80 Å². The highest BCUT2D eigenvalue weighted by atomic mass is 19.2. The van der Waals surface area contributed by atoms with Crippen LogP contribution in [-0.4, -0.2) is 58.9 Å². The molecule has 0 aliphatic carbocycles. The van der Waals surface area contributed by atoms with E-state index in [4.69, 9.17) is 4.74 Å². The van der Waals surface area contributed by atoms with Crippen LogP contribution in [-0.2, 0) is 19.7 Å². The van der Waals surface area contributed by atoms with Crippen LogP contribution in [0, 0.1) is 11.6 Å². The van der Waals surface area contributed by atoms with Crippen LogP contribution in [0.4, 0.5) is 8.78 Å². The smallest absolute Gasteiger partial charge is 0.159 e. The molecular formula is C23H30F2N2O3. The lowest BCUT2D eigenvalue weighted by atomic mass is 10.0. The molecule has 30 heavy (non-hydrogen) atoms. The fraction of sp³-hybridized carbons (Fsp3) is 0.478. The first kappa shape index (κ1) is 22.6. The van der Waals surface area contributed by atoms with Crippen molar-refractivity contribution in [3.05, 3.63) is 64.7 Å². The predicted octanol–water partition coefficient (Wildman–Crippen LogP) is 2.92. The Kier molecular flexibility index (Phi) is 8.16. The van der Waals surface area contributed by atoms with Gasteiger partial charge in [0.2, 0.25) is 0 Å². The highest BCUT2D eigenvalue weighted by Crippen LogP contribution is 2.23. The van der Waals surface area contributed by atoms with Crippen molar-refractivity contribution in [2.45, 2.75) is 39.1 Å². The van der Waals surface area contributed by atoms with Crippen LogP contribution in [0.2, 0.25) is 0 Å². The van der Waals surface area contributed by atoms with Crippen molar-refractivity contribution < 1.29 is 23.7 Å². The molecule has 2 N–H and O–H groups in total. The molecule has 3 rings (SSSR count). The van der Waals surface area contributed by atoms with Crippen molar-refractivity contribution in [3.63, 3.8) is 0 Å². The third kappa shape index (κ3) is 5.76. The van der Waals surface area contributed by atoms with Gasteiger partial charge in [-0.1, -0.05) is 12.1 Å². The third-order valence-corrected chi connectivity index (χ3v) is 5.52. The summed E-state index contributed by atoms with van der Waals surface area (Å²) in [5.41, 5.74) is 2.60. The van der Waals surface area contributed by atoms with Crippen molar-refractivity contribution in [1.29, 1.82) is 0 Å². The molecule has 0 unspecified atom stereocenters. The van der Waals surface area contributed by atoms with E-state index in [0.29, 0.717) is 25.3 Å². The molecule has 0 radical (unpaired) electrons. The van der Waals surface area contributed by atoms with E-state index in [1.165, 1.54) is 6.07 Å². The number of ether oxygens (including phenoxy) is 1. The maximum absolute atomic E-state index is 13.6. The first-order chi connectivity index (χ1) is 14.5. The number of rotatable bonds is 9. The van der Waals surface area contributed by atoms with Gasteiger partial charge in [-0.15, -0.1) is 0 Å². The highest BCUT2D eigenvalue weighted by molar-refractivity contribution is 5.37. The van der Waals surface area contributed by atoms with E-state index >= 15 is 0 Å². The fourth-order valence-electron chi connectivity index (χ4n) is 4.01. The number of hydrogen-bond donors (Lipinski definition) is 2. The maximum atomic E-state index is 13.6. The van der Waals surface area contributed by atoms with Gasteiger partial charge >= 0.3 is 0 Å². The summed E-state index contributed by atoms with van der Waals surface area (Å²) in [7, 11) is 0. The second kappa shape index (κ2) is 10.8. The monoisotopic (exact) mass is 420 g/mol. The summed E-state index contributed by atoms with van der Waals surface area (Å²) in [6, 6.07) is 10.0. The largest absolute Gasteiger partial charge is 0.494 e. The molecule has 0 bridgehead atoms. The second-order valence-electron chi connectivity index (χ2n) is 7.65. The Morgan fingerprint density at radius 1 is 1.00 bits per heavy atom. The molecule has 1 fully saturated rings. The van der Waals surface area contributed by atoms with Gasteiger partial charge in [0.1, 0.15) is 5.75 Å². The minimum atomic E-state index is -0.840. The molecule has 1 heterocycles. The average Bonchev–Trinajstić information content (AvgIpc) is 2.74. The molecule has 2 aromatic rings. The Balaban J connectivity index is 1.65. The minimum Gasteiger partial charge on any atom is -0.494 e. The summed E-state index contributed by atoms with van der Waals surface area (Å²) < 4.78 is 32.3. The lowest BCUT2D eigenvalue weighted by molar-refractivity contribution is 0.0498. The number of piperazine rings is 1. The Labute approximate surface area is 176 Å². The molecule has 0 saturated carbocycles. The maximum Gasteiger partial charge on any atom is 0.159 e. The van der Waals surface area contributed by atoms with E-state index in [9.17, 15) is 19.0 Å². The topological polar surface area (TPSA) is 56.2 Å². The van der Waals surface area contributed by atoms with Gasteiger partial charge in [-0.3, -0.25) is 9.80 Å². The summed E-state index contributed by atoms with van der Waals surface area (Å²) in [5.74, 6) is -0.966. The van der Waals surface area contributed by atoms with E-state index in [1.807, 2.05) is 25.1 Å². The number of aliphatic hydroxyl groups excluding tert-OH is 2. The summed E-state index contributed by atoms with van der Waals surface area (Å²) in [6.45, 7) is 6.09. The molecule has 5 nitrogen and oxygen atoms in total. The Bertz CT molecular complexity index is 834. The third-order valence-electron chi connectivity index (χ3n) is 5.52. The number of nitrogens with zero attached hydrogens (tertiary/aromatic N) is 2. The van der Waals surface area contributed by atoms with Crippen molar-refractivity contribution in [1.82, 2.24) is 9.80 Å². The van der Waals surface area contributed by atoms with Gasteiger partial charge < -0.3 is 14.9 Å². The molecular weight excluding hydrogens is 390 g/mol. The van der Waals surface area contributed by atoms with Crippen molar-refractivity contribution in [3.8, 4) is 5.75 Å². The van der Waals surface area contributed by atoms with Crippen molar-refractivity contribution in [2.75, 3.05) is 32.8 Å². The molecule has 7 heteroatoms.